The molecule has 1 fully saturated rings. The van der Waals surface area contributed by atoms with E-state index in [1.807, 2.05) is 6.07 Å². The lowest BCUT2D eigenvalue weighted by Crippen LogP contribution is -2.64. The van der Waals surface area contributed by atoms with Crippen LogP contribution in [0.2, 0.25) is 0 Å². The van der Waals surface area contributed by atoms with Gasteiger partial charge in [-0.3, -0.25) is 9.36 Å². The number of rotatable bonds is 3. The van der Waals surface area contributed by atoms with E-state index in [4.69, 9.17) is 4.98 Å². The van der Waals surface area contributed by atoms with Gasteiger partial charge in [0.15, 0.2) is 5.82 Å². The first-order valence-corrected chi connectivity index (χ1v) is 10.7. The number of hydrogen-bond donors (Lipinski definition) is 0. The fourth-order valence-corrected chi connectivity index (χ4v) is 4.90. The topological polar surface area (TPSA) is 67.2 Å². The highest BCUT2D eigenvalue weighted by atomic mass is 19.1. The summed E-state index contributed by atoms with van der Waals surface area (Å²) >= 11 is 0. The van der Waals surface area contributed by atoms with Gasteiger partial charge in [0.05, 0.1) is 11.8 Å². The van der Waals surface area contributed by atoms with Crippen LogP contribution in [0.25, 0.3) is 17.3 Å². The minimum atomic E-state index is -0.563. The maximum Gasteiger partial charge on any atom is 0.252 e. The summed E-state index contributed by atoms with van der Waals surface area (Å²) in [5.41, 5.74) is 1.09. The Morgan fingerprint density at radius 1 is 1.23 bits per heavy atom. The number of fused-ring (bicyclic) bond motifs is 3. The molecular weight excluding hydrogens is 395 g/mol. The number of anilines is 2. The Morgan fingerprint density at radius 3 is 2.87 bits per heavy atom. The second-order valence-corrected chi connectivity index (χ2v) is 8.29. The smallest absolute Gasteiger partial charge is 0.252 e. The second-order valence-electron chi connectivity index (χ2n) is 8.29. The number of aromatic nitrogens is 4. The number of nitrogens with zero attached hydrogens (tertiary/aromatic N) is 6. The highest BCUT2D eigenvalue weighted by molar-refractivity contribution is 6.07. The van der Waals surface area contributed by atoms with Crippen LogP contribution in [0.5, 0.6) is 0 Å². The van der Waals surface area contributed by atoms with Gasteiger partial charge in [-0.1, -0.05) is 19.1 Å². The molecular formula is C23H25FN6O. The largest absolute Gasteiger partial charge is 0.340 e. The molecule has 5 rings (SSSR count). The van der Waals surface area contributed by atoms with Crippen LogP contribution in [0.4, 0.5) is 15.9 Å². The van der Waals surface area contributed by atoms with Crippen molar-refractivity contribution < 1.29 is 9.18 Å². The maximum absolute atomic E-state index is 14.8. The fraction of sp³-hybridized carbons (Fsp3) is 0.391. The number of benzene rings is 1. The molecule has 1 saturated heterocycles. The molecule has 0 spiro atoms. The zero-order chi connectivity index (χ0) is 21.8. The molecule has 1 amide bonds. The highest BCUT2D eigenvalue weighted by Gasteiger charge is 2.51. The summed E-state index contributed by atoms with van der Waals surface area (Å²) in [6.07, 6.45) is 8.61. The van der Waals surface area contributed by atoms with Crippen molar-refractivity contribution in [3.8, 4) is 17.3 Å². The second kappa shape index (κ2) is 7.14. The molecule has 0 aliphatic carbocycles. The van der Waals surface area contributed by atoms with Crippen molar-refractivity contribution in [3.63, 3.8) is 0 Å². The zero-order valence-electron chi connectivity index (χ0n) is 18.0. The molecule has 1 unspecified atom stereocenters. The van der Waals surface area contributed by atoms with Gasteiger partial charge in [0, 0.05) is 26.0 Å². The van der Waals surface area contributed by atoms with E-state index in [1.54, 1.807) is 54.2 Å². The zero-order valence-corrected chi connectivity index (χ0v) is 18.0. The van der Waals surface area contributed by atoms with Crippen molar-refractivity contribution in [2.75, 3.05) is 23.4 Å². The standard InChI is InChI=1S/C23H25FN6O/c1-4-23-10-5-6-12-30(23)20-17(28(3)21(23)31)14-26-22(27-20)29-13-11-25-19(29)16-9-7-8-15(2)18(16)24/h7-9,11,13-14H,4-6,10,12H2,1-3H3. The van der Waals surface area contributed by atoms with Crippen LogP contribution in [0, 0.1) is 12.7 Å². The van der Waals surface area contributed by atoms with Crippen molar-refractivity contribution in [2.24, 2.45) is 0 Å². The average Bonchev–Trinajstić information content (AvgIpc) is 3.28. The lowest BCUT2D eigenvalue weighted by Gasteiger charge is -2.51. The normalized spacial score (nSPS) is 20.6. The predicted molar refractivity (Wildman–Crippen MR) is 117 cm³/mol. The minimum Gasteiger partial charge on any atom is -0.340 e. The van der Waals surface area contributed by atoms with E-state index in [-0.39, 0.29) is 11.7 Å². The molecule has 31 heavy (non-hydrogen) atoms. The molecule has 4 heterocycles. The monoisotopic (exact) mass is 420 g/mol. The van der Waals surface area contributed by atoms with Crippen LogP contribution in [0.3, 0.4) is 0 Å². The SMILES string of the molecule is CCC12CCCCN1c1nc(-n3ccnc3-c3cccc(C)c3F)ncc1N(C)C2=O. The first-order chi connectivity index (χ1) is 15.0. The summed E-state index contributed by atoms with van der Waals surface area (Å²) in [4.78, 5) is 30.9. The van der Waals surface area contributed by atoms with E-state index in [0.29, 0.717) is 28.6 Å². The number of carbonyl (C=O) groups excluding carboxylic acids is 1. The van der Waals surface area contributed by atoms with Gasteiger partial charge in [-0.25, -0.2) is 14.4 Å². The van der Waals surface area contributed by atoms with E-state index in [1.165, 1.54) is 0 Å². The average molecular weight is 420 g/mol. The van der Waals surface area contributed by atoms with Gasteiger partial charge in [0.1, 0.15) is 22.9 Å². The Labute approximate surface area is 180 Å². The third kappa shape index (κ3) is 2.77. The quantitative estimate of drug-likeness (QED) is 0.643. The molecule has 8 heteroatoms. The number of carbonyl (C=O) groups is 1. The summed E-state index contributed by atoms with van der Waals surface area (Å²) in [6.45, 7) is 4.57. The minimum absolute atomic E-state index is 0.101. The number of aryl methyl sites for hydroxylation is 1. The van der Waals surface area contributed by atoms with Crippen LogP contribution < -0.4 is 9.80 Å². The third-order valence-electron chi connectivity index (χ3n) is 6.67. The molecule has 0 saturated carbocycles. The van der Waals surface area contributed by atoms with Gasteiger partial charge in [0.2, 0.25) is 5.95 Å². The Morgan fingerprint density at radius 2 is 2.06 bits per heavy atom. The van der Waals surface area contributed by atoms with Gasteiger partial charge < -0.3 is 9.80 Å². The van der Waals surface area contributed by atoms with E-state index in [9.17, 15) is 9.18 Å². The van der Waals surface area contributed by atoms with Crippen molar-refractivity contribution >= 4 is 17.4 Å². The Balaban J connectivity index is 1.66. The molecule has 1 atom stereocenters. The lowest BCUT2D eigenvalue weighted by molar-refractivity contribution is -0.124. The van der Waals surface area contributed by atoms with E-state index >= 15 is 0 Å². The summed E-state index contributed by atoms with van der Waals surface area (Å²) < 4.78 is 16.5. The van der Waals surface area contributed by atoms with Crippen molar-refractivity contribution in [3.05, 3.63) is 48.2 Å². The lowest BCUT2D eigenvalue weighted by atomic mass is 9.81. The van der Waals surface area contributed by atoms with Crippen molar-refractivity contribution in [2.45, 2.75) is 45.1 Å². The van der Waals surface area contributed by atoms with Gasteiger partial charge in [-0.15, -0.1) is 0 Å². The number of imidazole rings is 1. The molecule has 7 nitrogen and oxygen atoms in total. The van der Waals surface area contributed by atoms with Crippen molar-refractivity contribution in [1.29, 1.82) is 0 Å². The van der Waals surface area contributed by atoms with Crippen LogP contribution in [-0.4, -0.2) is 44.6 Å². The number of hydrogen-bond acceptors (Lipinski definition) is 5. The summed E-state index contributed by atoms with van der Waals surface area (Å²) in [5, 5.41) is 0. The highest BCUT2D eigenvalue weighted by Crippen LogP contribution is 2.44. The summed E-state index contributed by atoms with van der Waals surface area (Å²) in [7, 11) is 1.79. The van der Waals surface area contributed by atoms with Gasteiger partial charge in [0.25, 0.3) is 5.91 Å². The molecule has 3 aromatic rings. The third-order valence-corrected chi connectivity index (χ3v) is 6.67. The number of amides is 1. The van der Waals surface area contributed by atoms with Gasteiger partial charge >= 0.3 is 0 Å². The predicted octanol–water partition coefficient (Wildman–Crippen LogP) is 3.89. The fourth-order valence-electron chi connectivity index (χ4n) is 4.90. The summed E-state index contributed by atoms with van der Waals surface area (Å²) in [5.74, 6) is 1.40. The molecule has 2 aliphatic rings. The molecule has 0 radical (unpaired) electrons. The molecule has 160 valence electrons. The molecule has 0 N–H and O–H groups in total. The van der Waals surface area contributed by atoms with Crippen molar-refractivity contribution in [1.82, 2.24) is 19.5 Å². The van der Waals surface area contributed by atoms with Crippen LogP contribution in [0.1, 0.15) is 38.2 Å². The molecule has 0 bridgehead atoms. The Bertz CT molecular complexity index is 1170. The first kappa shape index (κ1) is 19.7. The maximum atomic E-state index is 14.8. The Hall–Kier alpha value is -3.29. The summed E-state index contributed by atoms with van der Waals surface area (Å²) in [6, 6.07) is 5.25. The van der Waals surface area contributed by atoms with E-state index in [2.05, 4.69) is 21.8 Å². The van der Waals surface area contributed by atoms with Crippen LogP contribution in [-0.2, 0) is 4.79 Å². The number of halogens is 1. The number of piperidine rings is 1. The van der Waals surface area contributed by atoms with Gasteiger partial charge in [-0.05, 0) is 44.2 Å². The molecule has 2 aromatic heterocycles. The van der Waals surface area contributed by atoms with E-state index < -0.39 is 5.54 Å². The van der Waals surface area contributed by atoms with Gasteiger partial charge in [-0.2, -0.15) is 4.98 Å². The Kier molecular flexibility index (Phi) is 4.53. The van der Waals surface area contributed by atoms with Crippen LogP contribution in [0.15, 0.2) is 36.8 Å². The first-order valence-electron chi connectivity index (χ1n) is 10.7. The van der Waals surface area contributed by atoms with Crippen LogP contribution >= 0.6 is 0 Å². The number of likely N-dealkylation sites (N-methyl/N-ethyl adjacent to an activating group) is 1. The van der Waals surface area contributed by atoms with E-state index in [0.717, 1.165) is 38.0 Å². The molecule has 2 aliphatic heterocycles. The molecule has 1 aromatic carbocycles.